The van der Waals surface area contributed by atoms with Gasteiger partial charge in [0, 0.05) is 6.54 Å². The molecule has 22 heavy (non-hydrogen) atoms. The van der Waals surface area contributed by atoms with Crippen LogP contribution in [0.1, 0.15) is 13.3 Å². The molecule has 0 radical (unpaired) electrons. The lowest BCUT2D eigenvalue weighted by atomic mass is 10.3. The molecule has 0 N–H and O–H groups in total. The van der Waals surface area contributed by atoms with Gasteiger partial charge in [0.25, 0.3) is 10.0 Å². The maximum atomic E-state index is 12.9. The zero-order valence-corrected chi connectivity index (χ0v) is 13.5. The number of amidine groups is 1. The van der Waals surface area contributed by atoms with Crippen molar-refractivity contribution in [1.29, 1.82) is 0 Å². The zero-order chi connectivity index (χ0) is 16.3. The van der Waals surface area contributed by atoms with E-state index in [1.54, 1.807) is 0 Å². The molecule has 1 aromatic carbocycles. The number of carbonyl (C=O) groups is 1. The van der Waals surface area contributed by atoms with Crippen LogP contribution in [0.4, 0.5) is 4.39 Å². The van der Waals surface area contributed by atoms with Gasteiger partial charge in [0.2, 0.25) is 5.91 Å². The highest BCUT2D eigenvalue weighted by Crippen LogP contribution is 2.30. The Balaban J connectivity index is 2.39. The molecule has 2 rings (SSSR count). The highest BCUT2D eigenvalue weighted by molar-refractivity contribution is 8.16. The van der Waals surface area contributed by atoms with Gasteiger partial charge < -0.3 is 0 Å². The van der Waals surface area contributed by atoms with E-state index in [1.807, 2.05) is 6.92 Å². The summed E-state index contributed by atoms with van der Waals surface area (Å²) in [5.41, 5.74) is 0. The number of nitrogens with zero attached hydrogens (tertiary/aromatic N) is 2. The summed E-state index contributed by atoms with van der Waals surface area (Å²) in [6.07, 6.45) is 2.09. The quantitative estimate of drug-likeness (QED) is 0.771. The predicted octanol–water partition coefficient (Wildman–Crippen LogP) is 2.41. The lowest BCUT2D eigenvalue weighted by Crippen LogP contribution is -2.32. The Bertz CT molecular complexity index is 714. The van der Waals surface area contributed by atoms with Gasteiger partial charge in [0.1, 0.15) is 5.82 Å². The van der Waals surface area contributed by atoms with Crippen molar-refractivity contribution in [3.05, 3.63) is 42.7 Å². The van der Waals surface area contributed by atoms with E-state index in [-0.39, 0.29) is 27.8 Å². The Morgan fingerprint density at radius 3 is 2.59 bits per heavy atom. The molecule has 1 atom stereocenters. The Kier molecular flexibility index (Phi) is 5.02. The summed E-state index contributed by atoms with van der Waals surface area (Å²) < 4.78 is 41.2. The van der Waals surface area contributed by atoms with Crippen molar-refractivity contribution in [3.8, 4) is 0 Å². The first-order valence-electron chi connectivity index (χ1n) is 6.58. The minimum absolute atomic E-state index is 0.118. The monoisotopic (exact) mass is 342 g/mol. The number of sulfonamides is 1. The summed E-state index contributed by atoms with van der Waals surface area (Å²) >= 11 is 1.12. The molecule has 1 unspecified atom stereocenters. The topological polar surface area (TPSA) is 66.8 Å². The third-order valence-corrected chi connectivity index (χ3v) is 5.75. The largest absolute Gasteiger partial charge is 0.286 e. The highest BCUT2D eigenvalue weighted by atomic mass is 32.2. The molecule has 1 aliphatic heterocycles. The van der Waals surface area contributed by atoms with E-state index in [0.29, 0.717) is 6.42 Å². The molecule has 0 saturated carbocycles. The molecule has 1 aliphatic rings. The van der Waals surface area contributed by atoms with Gasteiger partial charge in [-0.2, -0.15) is 8.42 Å². The second-order valence-corrected chi connectivity index (χ2v) is 7.33. The van der Waals surface area contributed by atoms with E-state index in [9.17, 15) is 17.6 Å². The third-order valence-electron chi connectivity index (χ3n) is 3.01. The highest BCUT2D eigenvalue weighted by Gasteiger charge is 2.37. The van der Waals surface area contributed by atoms with Gasteiger partial charge in [-0.15, -0.1) is 11.0 Å². The predicted molar refractivity (Wildman–Crippen MR) is 84.6 cm³/mol. The summed E-state index contributed by atoms with van der Waals surface area (Å²) in [5.74, 6) is -0.711. The average Bonchev–Trinajstić information content (AvgIpc) is 2.76. The molecule has 0 spiro atoms. The van der Waals surface area contributed by atoms with Crippen molar-refractivity contribution in [1.82, 2.24) is 4.90 Å². The van der Waals surface area contributed by atoms with Crippen LogP contribution in [0.3, 0.4) is 0 Å². The Hall–Kier alpha value is -1.67. The van der Waals surface area contributed by atoms with Crippen LogP contribution in [0, 0.1) is 5.82 Å². The van der Waals surface area contributed by atoms with Gasteiger partial charge in [-0.25, -0.2) is 4.39 Å². The first-order valence-corrected chi connectivity index (χ1v) is 8.90. The number of rotatable bonds is 5. The van der Waals surface area contributed by atoms with Crippen LogP contribution in [0.2, 0.25) is 0 Å². The second-order valence-electron chi connectivity index (χ2n) is 4.56. The molecular weight excluding hydrogens is 327 g/mol. The van der Waals surface area contributed by atoms with Crippen molar-refractivity contribution >= 4 is 32.9 Å². The summed E-state index contributed by atoms with van der Waals surface area (Å²) in [6.45, 7) is 5.60. The van der Waals surface area contributed by atoms with E-state index in [4.69, 9.17) is 0 Å². The van der Waals surface area contributed by atoms with E-state index < -0.39 is 15.8 Å². The Labute approximate surface area is 133 Å². The number of hydrogen-bond donors (Lipinski definition) is 0. The molecule has 1 fully saturated rings. The molecule has 0 aromatic heterocycles. The second kappa shape index (κ2) is 6.62. The van der Waals surface area contributed by atoms with E-state index in [0.717, 1.165) is 36.0 Å². The summed E-state index contributed by atoms with van der Waals surface area (Å²) in [5, 5.41) is -0.219. The first-order chi connectivity index (χ1) is 10.4. The molecule has 1 amide bonds. The van der Waals surface area contributed by atoms with Gasteiger partial charge in [-0.1, -0.05) is 24.8 Å². The Morgan fingerprint density at radius 2 is 2.05 bits per heavy atom. The Morgan fingerprint density at radius 1 is 1.41 bits per heavy atom. The van der Waals surface area contributed by atoms with Crippen molar-refractivity contribution in [2.24, 2.45) is 4.40 Å². The van der Waals surface area contributed by atoms with Gasteiger partial charge in [0.15, 0.2) is 5.17 Å². The fourth-order valence-corrected chi connectivity index (χ4v) is 4.19. The number of carbonyl (C=O) groups excluding carboxylic acids is 1. The molecular formula is C14H15FN2O3S2. The molecule has 1 saturated heterocycles. The van der Waals surface area contributed by atoms with Crippen LogP contribution in [-0.4, -0.2) is 36.2 Å². The van der Waals surface area contributed by atoms with Crippen molar-refractivity contribution in [2.75, 3.05) is 6.54 Å². The number of thioether (sulfide) groups is 1. The van der Waals surface area contributed by atoms with Crippen LogP contribution >= 0.6 is 11.8 Å². The van der Waals surface area contributed by atoms with Crippen molar-refractivity contribution < 1.29 is 17.6 Å². The first kappa shape index (κ1) is 16.7. The summed E-state index contributed by atoms with van der Waals surface area (Å²) in [6, 6.07) is 4.39. The summed E-state index contributed by atoms with van der Waals surface area (Å²) in [4.78, 5) is 13.3. The smallest absolute Gasteiger partial charge is 0.284 e. The van der Waals surface area contributed by atoms with Crippen LogP contribution in [0.15, 0.2) is 46.2 Å². The van der Waals surface area contributed by atoms with Crippen molar-refractivity contribution in [3.63, 3.8) is 0 Å². The third kappa shape index (κ3) is 3.38. The number of halogens is 1. The number of amides is 1. The molecule has 1 aromatic rings. The van der Waals surface area contributed by atoms with Crippen LogP contribution in [0.5, 0.6) is 0 Å². The molecule has 5 nitrogen and oxygen atoms in total. The van der Waals surface area contributed by atoms with Crippen LogP contribution in [0.25, 0.3) is 0 Å². The van der Waals surface area contributed by atoms with Crippen molar-refractivity contribution in [2.45, 2.75) is 23.5 Å². The van der Waals surface area contributed by atoms with E-state index in [1.165, 1.54) is 11.0 Å². The normalized spacial score (nSPS) is 20.6. The lowest BCUT2D eigenvalue weighted by Gasteiger charge is -2.13. The molecule has 0 bridgehead atoms. The zero-order valence-electron chi connectivity index (χ0n) is 11.9. The van der Waals surface area contributed by atoms with Gasteiger partial charge in [-0.05, 0) is 30.7 Å². The van der Waals surface area contributed by atoms with Gasteiger partial charge >= 0.3 is 0 Å². The minimum Gasteiger partial charge on any atom is -0.286 e. The molecule has 0 aliphatic carbocycles. The van der Waals surface area contributed by atoms with Crippen LogP contribution < -0.4 is 0 Å². The lowest BCUT2D eigenvalue weighted by molar-refractivity contribution is -0.125. The van der Waals surface area contributed by atoms with Gasteiger partial charge in [-0.3, -0.25) is 9.69 Å². The molecule has 8 heteroatoms. The SMILES string of the molecule is C=CCN1C(=O)C(CC)SC1=NS(=O)(=O)c1ccc(F)cc1. The molecule has 118 valence electrons. The standard InChI is InChI=1S/C14H15FN2O3S2/c1-3-9-17-13(18)12(4-2)21-14(17)16-22(19,20)11-7-5-10(15)6-8-11/h3,5-8,12H,1,4,9H2,2H3. The number of benzene rings is 1. The summed E-state index contributed by atoms with van der Waals surface area (Å²) in [7, 11) is -3.99. The number of hydrogen-bond acceptors (Lipinski definition) is 4. The maximum absolute atomic E-state index is 12.9. The maximum Gasteiger partial charge on any atom is 0.284 e. The van der Waals surface area contributed by atoms with E-state index in [2.05, 4.69) is 11.0 Å². The van der Waals surface area contributed by atoms with Gasteiger partial charge in [0.05, 0.1) is 10.1 Å². The molecule has 1 heterocycles. The van der Waals surface area contributed by atoms with Crippen LogP contribution in [-0.2, 0) is 14.8 Å². The average molecular weight is 342 g/mol. The fourth-order valence-electron chi connectivity index (χ4n) is 1.90. The fraction of sp³-hybridized carbons (Fsp3) is 0.286. The minimum atomic E-state index is -3.99. The van der Waals surface area contributed by atoms with E-state index >= 15 is 0 Å².